The summed E-state index contributed by atoms with van der Waals surface area (Å²) in [5.74, 6) is -0.956. The van der Waals surface area contributed by atoms with Crippen LogP contribution in [0.4, 0.5) is 14.7 Å². The summed E-state index contributed by atoms with van der Waals surface area (Å²) in [5.41, 5.74) is 0.432. The van der Waals surface area contributed by atoms with Crippen LogP contribution in [-0.2, 0) is 9.84 Å². The van der Waals surface area contributed by atoms with E-state index in [0.717, 1.165) is 24.3 Å². The Kier molecular flexibility index (Phi) is 4.54. The molecule has 0 unspecified atom stereocenters. The molecule has 0 amide bonds. The maximum absolute atomic E-state index is 13.1. The number of hydrogen-bond acceptors (Lipinski definition) is 5. The Morgan fingerprint density at radius 2 is 1.56 bits per heavy atom. The van der Waals surface area contributed by atoms with Crippen molar-refractivity contribution >= 4 is 15.7 Å². The minimum Gasteiger partial charge on any atom is -0.419 e. The second kappa shape index (κ2) is 6.64. The van der Waals surface area contributed by atoms with Gasteiger partial charge in [-0.05, 0) is 55.5 Å². The molecule has 130 valence electrons. The fourth-order valence-electron chi connectivity index (χ4n) is 2.20. The molecular weight excluding hydrogens is 350 g/mol. The van der Waals surface area contributed by atoms with Crippen LogP contribution in [0.25, 0.3) is 11.5 Å². The van der Waals surface area contributed by atoms with Crippen LogP contribution in [0.3, 0.4) is 0 Å². The lowest BCUT2D eigenvalue weighted by molar-refractivity contribution is 0.577. The van der Waals surface area contributed by atoms with Crippen LogP contribution in [-0.4, -0.2) is 19.9 Å². The number of anilines is 1. The van der Waals surface area contributed by atoms with Crippen molar-refractivity contribution in [2.24, 2.45) is 0 Å². The number of aromatic nitrogens is 1. The molecule has 0 aliphatic rings. The van der Waals surface area contributed by atoms with Crippen LogP contribution in [0.5, 0.6) is 0 Å². The number of hydrogen-bond donors (Lipinski definition) is 1. The van der Waals surface area contributed by atoms with Gasteiger partial charge >= 0.3 is 0 Å². The molecule has 0 radical (unpaired) electrons. The third kappa shape index (κ3) is 3.39. The van der Waals surface area contributed by atoms with E-state index in [4.69, 9.17) is 4.42 Å². The van der Waals surface area contributed by atoms with Crippen molar-refractivity contribution in [3.05, 3.63) is 60.2 Å². The van der Waals surface area contributed by atoms with Crippen molar-refractivity contribution in [3.8, 4) is 11.5 Å². The molecular formula is C17H14F2N2O3S. The van der Waals surface area contributed by atoms with E-state index in [1.54, 1.807) is 6.92 Å². The first-order valence-electron chi connectivity index (χ1n) is 7.43. The van der Waals surface area contributed by atoms with Gasteiger partial charge in [-0.15, -0.1) is 0 Å². The second-order valence-corrected chi connectivity index (χ2v) is 7.01. The summed E-state index contributed by atoms with van der Waals surface area (Å²) < 4.78 is 57.2. The van der Waals surface area contributed by atoms with E-state index in [1.807, 2.05) is 0 Å². The normalized spacial score (nSPS) is 11.5. The Morgan fingerprint density at radius 1 is 1.00 bits per heavy atom. The van der Waals surface area contributed by atoms with Crippen LogP contribution in [0.2, 0.25) is 0 Å². The Balaban J connectivity index is 2.11. The van der Waals surface area contributed by atoms with Gasteiger partial charge in [0.2, 0.25) is 26.6 Å². The molecule has 0 aliphatic carbocycles. The summed E-state index contributed by atoms with van der Waals surface area (Å²) >= 11 is 0. The smallest absolute Gasteiger partial charge is 0.233 e. The number of oxazole rings is 1. The Morgan fingerprint density at radius 3 is 2.12 bits per heavy atom. The molecule has 1 aromatic heterocycles. The highest BCUT2D eigenvalue weighted by atomic mass is 32.2. The van der Waals surface area contributed by atoms with Gasteiger partial charge in [-0.1, -0.05) is 0 Å². The van der Waals surface area contributed by atoms with E-state index in [0.29, 0.717) is 12.1 Å². The van der Waals surface area contributed by atoms with Crippen molar-refractivity contribution < 1.29 is 21.6 Å². The monoisotopic (exact) mass is 364 g/mol. The lowest BCUT2D eigenvalue weighted by Crippen LogP contribution is -2.07. The maximum Gasteiger partial charge on any atom is 0.233 e. The lowest BCUT2D eigenvalue weighted by Gasteiger charge is -2.04. The number of sulfone groups is 1. The third-order valence-corrected chi connectivity index (χ3v) is 5.08. The molecule has 0 saturated heterocycles. The average molecular weight is 364 g/mol. The topological polar surface area (TPSA) is 72.2 Å². The van der Waals surface area contributed by atoms with Gasteiger partial charge in [-0.3, -0.25) is 0 Å². The van der Waals surface area contributed by atoms with Crippen molar-refractivity contribution in [1.29, 1.82) is 0 Å². The third-order valence-electron chi connectivity index (χ3n) is 3.40. The molecule has 0 fully saturated rings. The lowest BCUT2D eigenvalue weighted by atomic mass is 10.2. The zero-order valence-electron chi connectivity index (χ0n) is 13.2. The molecule has 2 aromatic carbocycles. The molecule has 0 atom stereocenters. The quantitative estimate of drug-likeness (QED) is 0.696. The van der Waals surface area contributed by atoms with Crippen LogP contribution >= 0.6 is 0 Å². The highest BCUT2D eigenvalue weighted by molar-refractivity contribution is 7.91. The summed E-state index contributed by atoms with van der Waals surface area (Å²) in [7, 11) is -4.01. The maximum atomic E-state index is 13.1. The molecule has 0 spiro atoms. The molecule has 3 rings (SSSR count). The molecule has 25 heavy (non-hydrogen) atoms. The summed E-state index contributed by atoms with van der Waals surface area (Å²) in [6.07, 6.45) is 0. The predicted molar refractivity (Wildman–Crippen MR) is 87.9 cm³/mol. The van der Waals surface area contributed by atoms with Crippen molar-refractivity contribution in [3.63, 3.8) is 0 Å². The molecule has 1 N–H and O–H groups in total. The Bertz CT molecular complexity index is 982. The molecule has 0 aliphatic heterocycles. The largest absolute Gasteiger partial charge is 0.419 e. The highest BCUT2D eigenvalue weighted by Gasteiger charge is 2.28. The van der Waals surface area contributed by atoms with Crippen LogP contribution in [0.1, 0.15) is 6.92 Å². The van der Waals surface area contributed by atoms with Crippen molar-refractivity contribution in [1.82, 2.24) is 4.98 Å². The van der Waals surface area contributed by atoms with E-state index in [2.05, 4.69) is 10.3 Å². The van der Waals surface area contributed by atoms with Crippen molar-refractivity contribution in [2.75, 3.05) is 11.9 Å². The molecule has 8 heteroatoms. The number of rotatable bonds is 5. The number of nitrogens with one attached hydrogen (secondary N) is 1. The molecule has 1 heterocycles. The highest BCUT2D eigenvalue weighted by Crippen LogP contribution is 2.32. The number of benzene rings is 2. The van der Waals surface area contributed by atoms with E-state index in [9.17, 15) is 17.2 Å². The molecule has 5 nitrogen and oxygen atoms in total. The minimum atomic E-state index is -4.01. The zero-order chi connectivity index (χ0) is 18.0. The standard InChI is InChI=1S/C17H14F2N2O3S/c1-2-20-16-17(25(22,23)14-9-7-13(19)8-10-14)21-15(24-16)11-3-5-12(18)6-4-11/h3-10,20H,2H2,1H3. The van der Waals surface area contributed by atoms with Gasteiger partial charge in [0.1, 0.15) is 11.6 Å². The molecule has 0 saturated carbocycles. The van der Waals surface area contributed by atoms with Crippen molar-refractivity contribution in [2.45, 2.75) is 16.8 Å². The second-order valence-electron chi connectivity index (χ2n) is 5.15. The Hall–Kier alpha value is -2.74. The van der Waals surface area contributed by atoms with Gasteiger partial charge in [0.25, 0.3) is 0 Å². The van der Waals surface area contributed by atoms with Crippen LogP contribution < -0.4 is 5.32 Å². The zero-order valence-corrected chi connectivity index (χ0v) is 14.0. The van der Waals surface area contributed by atoms with Crippen LogP contribution in [0, 0.1) is 11.6 Å². The fourth-order valence-corrected chi connectivity index (χ4v) is 3.48. The van der Waals surface area contributed by atoms with E-state index in [1.165, 1.54) is 24.3 Å². The fraction of sp³-hybridized carbons (Fsp3) is 0.118. The van der Waals surface area contributed by atoms with Gasteiger partial charge in [0, 0.05) is 12.1 Å². The average Bonchev–Trinajstić information content (AvgIpc) is 3.01. The minimum absolute atomic E-state index is 0.0221. The first kappa shape index (κ1) is 17.1. The first-order chi connectivity index (χ1) is 11.9. The summed E-state index contributed by atoms with van der Waals surface area (Å²) in [6, 6.07) is 9.75. The van der Waals surface area contributed by atoms with E-state index >= 15 is 0 Å². The summed E-state index contributed by atoms with van der Waals surface area (Å²) in [6.45, 7) is 2.18. The summed E-state index contributed by atoms with van der Waals surface area (Å²) in [5, 5.41) is 2.50. The Labute approximate surface area is 143 Å². The van der Waals surface area contributed by atoms with Gasteiger partial charge in [0.15, 0.2) is 0 Å². The predicted octanol–water partition coefficient (Wildman–Crippen LogP) is 3.88. The molecule has 3 aromatic rings. The number of halogens is 2. The van der Waals surface area contributed by atoms with E-state index in [-0.39, 0.29) is 21.7 Å². The summed E-state index contributed by atoms with van der Waals surface area (Å²) in [4.78, 5) is 3.96. The SMILES string of the molecule is CCNc1oc(-c2ccc(F)cc2)nc1S(=O)(=O)c1ccc(F)cc1. The number of nitrogens with zero attached hydrogens (tertiary/aromatic N) is 1. The van der Waals surface area contributed by atoms with Gasteiger partial charge < -0.3 is 9.73 Å². The van der Waals surface area contributed by atoms with E-state index < -0.39 is 21.5 Å². The van der Waals surface area contributed by atoms with Gasteiger partial charge in [0.05, 0.1) is 4.90 Å². The molecule has 0 bridgehead atoms. The van der Waals surface area contributed by atoms with Gasteiger partial charge in [-0.25, -0.2) is 17.2 Å². The van der Waals surface area contributed by atoms with Gasteiger partial charge in [-0.2, -0.15) is 4.98 Å². The first-order valence-corrected chi connectivity index (χ1v) is 8.91. The van der Waals surface area contributed by atoms with Crippen LogP contribution in [0.15, 0.2) is 62.9 Å².